The highest BCUT2D eigenvalue weighted by Crippen LogP contribution is 2.25. The second kappa shape index (κ2) is 7.45. The number of anilines is 3. The summed E-state index contributed by atoms with van der Waals surface area (Å²) in [7, 11) is 0. The third-order valence-electron chi connectivity index (χ3n) is 4.58. The molecule has 0 aromatic carbocycles. The van der Waals surface area contributed by atoms with Crippen LogP contribution in [0.5, 0.6) is 0 Å². The van der Waals surface area contributed by atoms with Crippen molar-refractivity contribution in [3.8, 4) is 0 Å². The maximum absolute atomic E-state index is 11.9. The van der Waals surface area contributed by atoms with Crippen LogP contribution >= 0.6 is 0 Å². The van der Waals surface area contributed by atoms with Gasteiger partial charge in [-0.1, -0.05) is 6.58 Å². The zero-order chi connectivity index (χ0) is 18.6. The number of amides is 1. The van der Waals surface area contributed by atoms with E-state index < -0.39 is 0 Å². The molecule has 1 fully saturated rings. The Hall–Kier alpha value is -3.42. The Bertz CT molecular complexity index is 953. The first kappa shape index (κ1) is 17.0. The van der Waals surface area contributed by atoms with E-state index in [0.717, 1.165) is 41.9 Å². The standard InChI is InChI=1S/C19H21N7O/c1-2-16(27)26-10-4-6-14(12-26)22-18-15-7-9-21-17(15)24-19(25-18)23-13-5-3-8-20-11-13/h2-3,5,7-9,11,14H,1,4,6,10,12H2,(H3,21,22,23,24,25). The van der Waals surface area contributed by atoms with Crippen LogP contribution in [0.3, 0.4) is 0 Å². The van der Waals surface area contributed by atoms with E-state index in [2.05, 4.69) is 37.1 Å². The third kappa shape index (κ3) is 3.74. The number of carbonyl (C=O) groups is 1. The summed E-state index contributed by atoms with van der Waals surface area (Å²) in [5.41, 5.74) is 1.56. The topological polar surface area (TPSA) is 98.8 Å². The van der Waals surface area contributed by atoms with E-state index in [1.165, 1.54) is 6.08 Å². The van der Waals surface area contributed by atoms with E-state index >= 15 is 0 Å². The third-order valence-corrected chi connectivity index (χ3v) is 4.58. The van der Waals surface area contributed by atoms with Crippen LogP contribution in [-0.4, -0.2) is 49.9 Å². The predicted octanol–water partition coefficient (Wildman–Crippen LogP) is 2.69. The molecular formula is C19H21N7O. The molecule has 3 aromatic heterocycles. The molecule has 3 N–H and O–H groups in total. The first-order valence-corrected chi connectivity index (χ1v) is 8.93. The summed E-state index contributed by atoms with van der Waals surface area (Å²) in [5.74, 6) is 1.19. The Morgan fingerprint density at radius 1 is 1.37 bits per heavy atom. The molecule has 0 spiro atoms. The molecule has 27 heavy (non-hydrogen) atoms. The molecule has 0 bridgehead atoms. The van der Waals surface area contributed by atoms with E-state index in [1.54, 1.807) is 12.4 Å². The number of nitrogens with one attached hydrogen (secondary N) is 3. The van der Waals surface area contributed by atoms with Crippen LogP contribution in [0.25, 0.3) is 11.0 Å². The number of hydrogen-bond donors (Lipinski definition) is 3. The van der Waals surface area contributed by atoms with Gasteiger partial charge in [0.2, 0.25) is 11.9 Å². The van der Waals surface area contributed by atoms with E-state index in [9.17, 15) is 4.79 Å². The number of carbonyl (C=O) groups excluding carboxylic acids is 1. The van der Waals surface area contributed by atoms with Crippen LogP contribution in [0.1, 0.15) is 12.8 Å². The molecule has 1 amide bonds. The summed E-state index contributed by atoms with van der Waals surface area (Å²) in [6, 6.07) is 5.83. The van der Waals surface area contributed by atoms with E-state index in [-0.39, 0.29) is 11.9 Å². The maximum Gasteiger partial charge on any atom is 0.246 e. The number of piperidine rings is 1. The lowest BCUT2D eigenvalue weighted by atomic mass is 10.1. The quantitative estimate of drug-likeness (QED) is 0.603. The van der Waals surface area contributed by atoms with Crippen LogP contribution < -0.4 is 10.6 Å². The molecule has 4 rings (SSSR count). The molecule has 3 aromatic rings. The van der Waals surface area contributed by atoms with Gasteiger partial charge in [-0.2, -0.15) is 9.97 Å². The molecule has 1 aliphatic rings. The van der Waals surface area contributed by atoms with Crippen LogP contribution in [0.15, 0.2) is 49.4 Å². The van der Waals surface area contributed by atoms with Gasteiger partial charge >= 0.3 is 0 Å². The van der Waals surface area contributed by atoms with Crippen molar-refractivity contribution in [2.24, 2.45) is 0 Å². The highest BCUT2D eigenvalue weighted by atomic mass is 16.2. The predicted molar refractivity (Wildman–Crippen MR) is 105 cm³/mol. The fraction of sp³-hybridized carbons (Fsp3) is 0.263. The van der Waals surface area contributed by atoms with Crippen LogP contribution in [0, 0.1) is 0 Å². The lowest BCUT2D eigenvalue weighted by molar-refractivity contribution is -0.127. The van der Waals surface area contributed by atoms with Crippen LogP contribution in [0.4, 0.5) is 17.5 Å². The monoisotopic (exact) mass is 363 g/mol. The average Bonchev–Trinajstić information content (AvgIpc) is 3.17. The number of nitrogens with zero attached hydrogens (tertiary/aromatic N) is 4. The van der Waals surface area contributed by atoms with Gasteiger partial charge in [0.25, 0.3) is 0 Å². The van der Waals surface area contributed by atoms with Gasteiger partial charge in [0.15, 0.2) is 0 Å². The zero-order valence-corrected chi connectivity index (χ0v) is 14.9. The molecule has 0 aliphatic carbocycles. The normalized spacial score (nSPS) is 16.9. The minimum absolute atomic E-state index is 0.0325. The lowest BCUT2D eigenvalue weighted by Gasteiger charge is -2.33. The summed E-state index contributed by atoms with van der Waals surface area (Å²) in [4.78, 5) is 30.1. The Labute approximate surface area is 156 Å². The fourth-order valence-corrected chi connectivity index (χ4v) is 3.29. The molecule has 1 saturated heterocycles. The second-order valence-corrected chi connectivity index (χ2v) is 6.47. The molecule has 0 radical (unpaired) electrons. The molecule has 1 atom stereocenters. The Morgan fingerprint density at radius 3 is 3.11 bits per heavy atom. The smallest absolute Gasteiger partial charge is 0.246 e. The molecule has 8 heteroatoms. The van der Waals surface area contributed by atoms with Crippen molar-refractivity contribution < 1.29 is 4.79 Å². The van der Waals surface area contributed by atoms with Crippen LogP contribution in [0.2, 0.25) is 0 Å². The summed E-state index contributed by atoms with van der Waals surface area (Å²) < 4.78 is 0. The number of fused-ring (bicyclic) bond motifs is 1. The van der Waals surface area contributed by atoms with Crippen molar-refractivity contribution in [1.29, 1.82) is 0 Å². The number of aromatic amines is 1. The minimum atomic E-state index is -0.0325. The van der Waals surface area contributed by atoms with E-state index in [0.29, 0.717) is 12.5 Å². The minimum Gasteiger partial charge on any atom is -0.365 e. The van der Waals surface area contributed by atoms with Crippen molar-refractivity contribution in [3.05, 3.63) is 49.4 Å². The molecule has 138 valence electrons. The second-order valence-electron chi connectivity index (χ2n) is 6.47. The number of likely N-dealkylation sites (tertiary alicyclic amines) is 1. The van der Waals surface area contributed by atoms with Gasteiger partial charge < -0.3 is 20.5 Å². The van der Waals surface area contributed by atoms with Gasteiger partial charge in [-0.25, -0.2) is 0 Å². The van der Waals surface area contributed by atoms with Gasteiger partial charge in [-0.15, -0.1) is 0 Å². The fourth-order valence-electron chi connectivity index (χ4n) is 3.29. The van der Waals surface area contributed by atoms with E-state index in [1.807, 2.05) is 29.3 Å². The molecule has 8 nitrogen and oxygen atoms in total. The molecular weight excluding hydrogens is 342 g/mol. The highest BCUT2D eigenvalue weighted by Gasteiger charge is 2.23. The first-order chi connectivity index (χ1) is 13.2. The van der Waals surface area contributed by atoms with Gasteiger partial charge in [-0.3, -0.25) is 9.78 Å². The lowest BCUT2D eigenvalue weighted by Crippen LogP contribution is -2.44. The summed E-state index contributed by atoms with van der Waals surface area (Å²) in [6.45, 7) is 4.98. The summed E-state index contributed by atoms with van der Waals surface area (Å²) >= 11 is 0. The number of aromatic nitrogens is 4. The van der Waals surface area contributed by atoms with Crippen LogP contribution in [-0.2, 0) is 4.79 Å². The van der Waals surface area contributed by atoms with Gasteiger partial charge in [-0.05, 0) is 37.1 Å². The molecule has 1 unspecified atom stereocenters. The Balaban J connectivity index is 1.58. The number of hydrogen-bond acceptors (Lipinski definition) is 6. The maximum atomic E-state index is 11.9. The Morgan fingerprint density at radius 2 is 2.30 bits per heavy atom. The largest absolute Gasteiger partial charge is 0.365 e. The summed E-state index contributed by atoms with van der Waals surface area (Å²) in [6.07, 6.45) is 8.56. The molecule has 0 saturated carbocycles. The number of H-pyrrole nitrogens is 1. The van der Waals surface area contributed by atoms with Crippen molar-refractivity contribution in [2.45, 2.75) is 18.9 Å². The number of rotatable bonds is 5. The SMILES string of the molecule is C=CC(=O)N1CCCC(Nc2nc(Nc3cccnc3)nc3[nH]ccc23)C1. The van der Waals surface area contributed by atoms with E-state index in [4.69, 9.17) is 0 Å². The van der Waals surface area contributed by atoms with Crippen molar-refractivity contribution in [3.63, 3.8) is 0 Å². The Kier molecular flexibility index (Phi) is 4.69. The molecule has 1 aliphatic heterocycles. The zero-order valence-electron chi connectivity index (χ0n) is 14.9. The van der Waals surface area contributed by atoms with Gasteiger partial charge in [0.05, 0.1) is 17.3 Å². The number of pyridine rings is 1. The van der Waals surface area contributed by atoms with Gasteiger partial charge in [0, 0.05) is 31.5 Å². The average molecular weight is 363 g/mol. The van der Waals surface area contributed by atoms with Gasteiger partial charge in [0.1, 0.15) is 11.5 Å². The van der Waals surface area contributed by atoms with Crippen molar-refractivity contribution in [2.75, 3.05) is 23.7 Å². The molecule has 4 heterocycles. The van der Waals surface area contributed by atoms with Crippen molar-refractivity contribution in [1.82, 2.24) is 24.8 Å². The van der Waals surface area contributed by atoms with Crippen molar-refractivity contribution >= 4 is 34.4 Å². The first-order valence-electron chi connectivity index (χ1n) is 8.93. The summed E-state index contributed by atoms with van der Waals surface area (Å²) in [5, 5.41) is 7.58. The highest BCUT2D eigenvalue weighted by molar-refractivity contribution is 5.89.